The number of nitrogens with one attached hydrogen (secondary N) is 2. The predicted molar refractivity (Wildman–Crippen MR) is 130 cm³/mol. The van der Waals surface area contributed by atoms with E-state index in [0.29, 0.717) is 25.2 Å². The molecule has 33 heavy (non-hydrogen) atoms. The number of hydrogen-bond acceptors (Lipinski definition) is 6. The largest absolute Gasteiger partial charge is 0.486 e. The second-order valence-electron chi connectivity index (χ2n) is 9.42. The molecule has 6 rings (SSSR count). The molecule has 3 aliphatic heterocycles. The summed E-state index contributed by atoms with van der Waals surface area (Å²) >= 11 is 0. The van der Waals surface area contributed by atoms with E-state index in [2.05, 4.69) is 62.7 Å². The van der Waals surface area contributed by atoms with E-state index in [1.54, 1.807) is 0 Å². The Morgan fingerprint density at radius 2 is 2.06 bits per heavy atom. The Labute approximate surface area is 193 Å². The highest BCUT2D eigenvalue weighted by Gasteiger charge is 2.39. The molecule has 7 heteroatoms. The molecule has 0 amide bonds. The smallest absolute Gasteiger partial charge is 0.150 e. The number of halogens is 1. The summed E-state index contributed by atoms with van der Waals surface area (Å²) in [5, 5.41) is 7.50. The maximum atomic E-state index is 14.0. The van der Waals surface area contributed by atoms with Gasteiger partial charge in [0.25, 0.3) is 0 Å². The minimum Gasteiger partial charge on any atom is -0.486 e. The number of piperazine rings is 1. The number of nitrogens with zero attached hydrogens (tertiary/aromatic N) is 3. The Bertz CT molecular complexity index is 1190. The van der Waals surface area contributed by atoms with E-state index < -0.39 is 12.3 Å². The molecule has 1 aromatic heterocycles. The van der Waals surface area contributed by atoms with Crippen molar-refractivity contribution >= 4 is 22.3 Å². The number of anilines is 2. The van der Waals surface area contributed by atoms with Gasteiger partial charge in [-0.1, -0.05) is 6.07 Å². The van der Waals surface area contributed by atoms with Gasteiger partial charge in [0.05, 0.1) is 17.2 Å². The van der Waals surface area contributed by atoms with Crippen molar-refractivity contribution in [3.8, 4) is 5.75 Å². The van der Waals surface area contributed by atoms with Crippen molar-refractivity contribution in [2.45, 2.75) is 37.8 Å². The molecule has 4 atom stereocenters. The van der Waals surface area contributed by atoms with Crippen molar-refractivity contribution in [2.24, 2.45) is 0 Å². The lowest BCUT2D eigenvalue weighted by Gasteiger charge is -2.44. The molecule has 0 bridgehead atoms. The van der Waals surface area contributed by atoms with Crippen molar-refractivity contribution in [1.82, 2.24) is 15.2 Å². The molecule has 0 spiro atoms. The first-order valence-corrected chi connectivity index (χ1v) is 11.8. The van der Waals surface area contributed by atoms with Crippen molar-refractivity contribution < 1.29 is 9.13 Å². The standard InChI is InChI=1S/C26H30FN5O/c1-16-13-31(23-8-7-22(28-2)26-20(23)4-3-9-30-26)15-24-19-6-5-18(10-17(19)14-32(16)24)33-25-12-29-11-21(25)27/h3-10,16,21,24-25,28-29H,11-15H2,1-2H3/t16-,21+,24-,25+/m1/s1. The first kappa shape index (κ1) is 20.7. The van der Waals surface area contributed by atoms with Crippen LogP contribution in [0.2, 0.25) is 0 Å². The van der Waals surface area contributed by atoms with E-state index in [-0.39, 0.29) is 0 Å². The lowest BCUT2D eigenvalue weighted by Crippen LogP contribution is -2.51. The maximum absolute atomic E-state index is 14.0. The van der Waals surface area contributed by atoms with Crippen LogP contribution in [0.25, 0.3) is 10.9 Å². The molecule has 0 unspecified atom stereocenters. The van der Waals surface area contributed by atoms with Gasteiger partial charge in [-0.3, -0.25) is 9.88 Å². The van der Waals surface area contributed by atoms with Crippen molar-refractivity contribution in [2.75, 3.05) is 43.4 Å². The molecule has 0 aliphatic carbocycles. The fourth-order valence-corrected chi connectivity index (χ4v) is 5.72. The first-order chi connectivity index (χ1) is 16.1. The first-order valence-electron chi connectivity index (χ1n) is 11.8. The number of fused-ring (bicyclic) bond motifs is 4. The van der Waals surface area contributed by atoms with E-state index >= 15 is 0 Å². The highest BCUT2D eigenvalue weighted by atomic mass is 19.1. The van der Waals surface area contributed by atoms with Crippen LogP contribution in [-0.2, 0) is 6.54 Å². The minimum absolute atomic E-state index is 0.329. The highest BCUT2D eigenvalue weighted by molar-refractivity contribution is 5.99. The molecule has 2 saturated heterocycles. The molecule has 2 aromatic carbocycles. The summed E-state index contributed by atoms with van der Waals surface area (Å²) in [7, 11) is 1.94. The second kappa shape index (κ2) is 8.15. The number of rotatable bonds is 4. The van der Waals surface area contributed by atoms with Gasteiger partial charge in [-0.05, 0) is 54.4 Å². The number of aromatic nitrogens is 1. The Balaban J connectivity index is 1.29. The quantitative estimate of drug-likeness (QED) is 0.636. The number of pyridine rings is 1. The molecule has 0 saturated carbocycles. The summed E-state index contributed by atoms with van der Waals surface area (Å²) in [6.45, 7) is 6.05. The molecular formula is C26H30FN5O. The van der Waals surface area contributed by atoms with Gasteiger partial charge in [-0.25, -0.2) is 4.39 Å². The van der Waals surface area contributed by atoms with Crippen LogP contribution in [0.15, 0.2) is 48.7 Å². The number of hydrogen-bond donors (Lipinski definition) is 2. The number of benzene rings is 2. The number of ether oxygens (including phenoxy) is 1. The Morgan fingerprint density at radius 1 is 1.15 bits per heavy atom. The molecule has 3 aliphatic rings. The highest BCUT2D eigenvalue weighted by Crippen LogP contribution is 2.42. The maximum Gasteiger partial charge on any atom is 0.150 e. The van der Waals surface area contributed by atoms with Gasteiger partial charge in [0.2, 0.25) is 0 Å². The van der Waals surface area contributed by atoms with E-state index in [4.69, 9.17) is 4.74 Å². The van der Waals surface area contributed by atoms with Gasteiger partial charge in [0.1, 0.15) is 11.9 Å². The molecule has 2 fully saturated rings. The summed E-state index contributed by atoms with van der Waals surface area (Å²) < 4.78 is 20.0. The van der Waals surface area contributed by atoms with Gasteiger partial charge < -0.3 is 20.3 Å². The zero-order valence-electron chi connectivity index (χ0n) is 19.1. The van der Waals surface area contributed by atoms with Gasteiger partial charge in [0, 0.05) is 63.1 Å². The summed E-state index contributed by atoms with van der Waals surface area (Å²) in [6, 6.07) is 15.6. The zero-order valence-corrected chi connectivity index (χ0v) is 19.1. The Kier molecular flexibility index (Phi) is 5.11. The number of alkyl halides is 1. The lowest BCUT2D eigenvalue weighted by atomic mass is 10.00. The summed E-state index contributed by atoms with van der Waals surface area (Å²) in [6.07, 6.45) is 0.508. The third kappa shape index (κ3) is 3.50. The van der Waals surface area contributed by atoms with Crippen molar-refractivity contribution in [3.05, 3.63) is 59.8 Å². The fourth-order valence-electron chi connectivity index (χ4n) is 5.72. The average molecular weight is 448 g/mol. The topological polar surface area (TPSA) is 52.7 Å². The van der Waals surface area contributed by atoms with Gasteiger partial charge in [-0.2, -0.15) is 0 Å². The van der Waals surface area contributed by atoms with Crippen molar-refractivity contribution in [3.63, 3.8) is 0 Å². The summed E-state index contributed by atoms with van der Waals surface area (Å²) in [5.74, 6) is 0.772. The summed E-state index contributed by atoms with van der Waals surface area (Å²) in [4.78, 5) is 9.73. The van der Waals surface area contributed by atoms with Crippen LogP contribution in [0.1, 0.15) is 24.1 Å². The average Bonchev–Trinajstić information content (AvgIpc) is 3.41. The van der Waals surface area contributed by atoms with Crippen LogP contribution in [0.5, 0.6) is 5.75 Å². The predicted octanol–water partition coefficient (Wildman–Crippen LogP) is 3.73. The van der Waals surface area contributed by atoms with Crippen LogP contribution in [0.4, 0.5) is 15.8 Å². The molecular weight excluding hydrogens is 417 g/mol. The Morgan fingerprint density at radius 3 is 2.88 bits per heavy atom. The van der Waals surface area contributed by atoms with Crippen LogP contribution in [-0.4, -0.2) is 61.4 Å². The monoisotopic (exact) mass is 447 g/mol. The van der Waals surface area contributed by atoms with E-state index in [1.165, 1.54) is 22.2 Å². The Hall–Kier alpha value is -2.90. The zero-order chi connectivity index (χ0) is 22.5. The molecule has 6 nitrogen and oxygen atoms in total. The third-order valence-corrected chi connectivity index (χ3v) is 7.40. The van der Waals surface area contributed by atoms with Crippen LogP contribution >= 0.6 is 0 Å². The molecule has 2 N–H and O–H groups in total. The molecule has 4 heterocycles. The normalized spacial score (nSPS) is 26.9. The molecule has 3 aromatic rings. The van der Waals surface area contributed by atoms with Crippen molar-refractivity contribution in [1.29, 1.82) is 0 Å². The lowest BCUT2D eigenvalue weighted by molar-refractivity contribution is 0.134. The summed E-state index contributed by atoms with van der Waals surface area (Å²) in [5.41, 5.74) is 5.94. The fraction of sp³-hybridized carbons (Fsp3) is 0.423. The van der Waals surface area contributed by atoms with E-state index in [1.807, 2.05) is 25.4 Å². The SMILES string of the molecule is CNc1ccc(N2C[C@@H](C)N3Cc4cc(O[C@H]5CNC[C@@H]5F)ccc4[C@H]3C2)c2cccnc12. The molecule has 0 radical (unpaired) electrons. The van der Waals surface area contributed by atoms with Crippen LogP contribution in [0, 0.1) is 0 Å². The second-order valence-corrected chi connectivity index (χ2v) is 9.42. The van der Waals surface area contributed by atoms with Gasteiger partial charge >= 0.3 is 0 Å². The van der Waals surface area contributed by atoms with Crippen LogP contribution < -0.4 is 20.3 Å². The third-order valence-electron chi connectivity index (χ3n) is 7.40. The van der Waals surface area contributed by atoms with E-state index in [0.717, 1.165) is 36.6 Å². The minimum atomic E-state index is -0.947. The van der Waals surface area contributed by atoms with Gasteiger partial charge in [-0.15, -0.1) is 0 Å². The molecule has 172 valence electrons. The van der Waals surface area contributed by atoms with Crippen LogP contribution in [0.3, 0.4) is 0 Å². The van der Waals surface area contributed by atoms with E-state index in [9.17, 15) is 4.39 Å². The van der Waals surface area contributed by atoms with Gasteiger partial charge in [0.15, 0.2) is 6.17 Å².